The number of nitrogens with zero attached hydrogens (tertiary/aromatic N) is 3. The fourth-order valence-electron chi connectivity index (χ4n) is 2.02. The first-order chi connectivity index (χ1) is 7.86. The Bertz CT molecular complexity index is 502. The van der Waals surface area contributed by atoms with Crippen LogP contribution in [0.25, 0.3) is 11.0 Å². The Labute approximate surface area is 93.4 Å². The van der Waals surface area contributed by atoms with Gasteiger partial charge in [-0.2, -0.15) is 0 Å². The molecule has 0 bridgehead atoms. The Balaban J connectivity index is 2.05. The molecular formula is C11H14N4O. The number of benzene rings is 1. The summed E-state index contributed by atoms with van der Waals surface area (Å²) in [5.41, 5.74) is 1.90. The fourth-order valence-corrected chi connectivity index (χ4v) is 2.02. The second-order valence-electron chi connectivity index (χ2n) is 3.87. The molecule has 0 radical (unpaired) electrons. The minimum atomic E-state index is 0.739. The summed E-state index contributed by atoms with van der Waals surface area (Å²) in [5.74, 6) is 6.87. The minimum absolute atomic E-state index is 0.739. The van der Waals surface area contributed by atoms with Crippen LogP contribution in [-0.4, -0.2) is 36.0 Å². The molecule has 84 valence electrons. The van der Waals surface area contributed by atoms with Gasteiger partial charge in [-0.15, -0.1) is 0 Å². The van der Waals surface area contributed by atoms with E-state index in [1.165, 1.54) is 0 Å². The highest BCUT2D eigenvalue weighted by atomic mass is 16.5. The summed E-state index contributed by atoms with van der Waals surface area (Å²) in [6.07, 6.45) is 0. The van der Waals surface area contributed by atoms with Gasteiger partial charge in [0.05, 0.1) is 24.2 Å². The number of para-hydroxylation sites is 2. The molecule has 1 saturated heterocycles. The van der Waals surface area contributed by atoms with E-state index in [2.05, 4.69) is 9.88 Å². The maximum Gasteiger partial charge on any atom is 0.225 e. The Morgan fingerprint density at radius 2 is 1.94 bits per heavy atom. The van der Waals surface area contributed by atoms with Gasteiger partial charge in [-0.25, -0.2) is 9.66 Å². The van der Waals surface area contributed by atoms with Crippen molar-refractivity contribution in [1.29, 1.82) is 0 Å². The summed E-state index contributed by atoms with van der Waals surface area (Å²) in [5, 5.41) is 0. The van der Waals surface area contributed by atoms with Gasteiger partial charge in [-0.1, -0.05) is 12.1 Å². The number of hydrogen-bond acceptors (Lipinski definition) is 4. The molecule has 5 nitrogen and oxygen atoms in total. The second kappa shape index (κ2) is 3.68. The average Bonchev–Trinajstić information content (AvgIpc) is 2.69. The van der Waals surface area contributed by atoms with Crippen molar-refractivity contribution in [2.45, 2.75) is 0 Å². The van der Waals surface area contributed by atoms with Crippen LogP contribution in [-0.2, 0) is 4.74 Å². The number of nitrogen functional groups attached to an aromatic ring is 1. The van der Waals surface area contributed by atoms with Crippen LogP contribution in [0.15, 0.2) is 24.3 Å². The molecule has 2 heterocycles. The maximum atomic E-state index is 6.04. The number of morpholine rings is 1. The van der Waals surface area contributed by atoms with Crippen molar-refractivity contribution < 1.29 is 4.74 Å². The van der Waals surface area contributed by atoms with Crippen LogP contribution in [0.2, 0.25) is 0 Å². The first-order valence-electron chi connectivity index (χ1n) is 5.41. The number of fused-ring (bicyclic) bond motifs is 1. The largest absolute Gasteiger partial charge is 0.378 e. The van der Waals surface area contributed by atoms with Crippen molar-refractivity contribution in [3.05, 3.63) is 24.3 Å². The van der Waals surface area contributed by atoms with Crippen LogP contribution in [0.5, 0.6) is 0 Å². The normalized spacial score (nSPS) is 16.9. The fraction of sp³-hybridized carbons (Fsp3) is 0.364. The number of imidazole rings is 1. The molecule has 0 unspecified atom stereocenters. The highest BCUT2D eigenvalue weighted by Crippen LogP contribution is 2.20. The van der Waals surface area contributed by atoms with Gasteiger partial charge in [0.2, 0.25) is 5.95 Å². The van der Waals surface area contributed by atoms with E-state index in [0.717, 1.165) is 43.3 Å². The number of rotatable bonds is 1. The monoisotopic (exact) mass is 218 g/mol. The van der Waals surface area contributed by atoms with E-state index in [4.69, 9.17) is 10.6 Å². The smallest absolute Gasteiger partial charge is 0.225 e. The van der Waals surface area contributed by atoms with E-state index < -0.39 is 0 Å². The molecule has 0 atom stereocenters. The average molecular weight is 218 g/mol. The van der Waals surface area contributed by atoms with Crippen molar-refractivity contribution >= 4 is 17.0 Å². The van der Waals surface area contributed by atoms with E-state index in [-0.39, 0.29) is 0 Å². The molecule has 1 aliphatic heterocycles. The first kappa shape index (κ1) is 9.47. The molecule has 1 aromatic carbocycles. The van der Waals surface area contributed by atoms with E-state index in [0.29, 0.717) is 0 Å². The van der Waals surface area contributed by atoms with E-state index in [9.17, 15) is 0 Å². The van der Waals surface area contributed by atoms with Crippen LogP contribution in [0.3, 0.4) is 0 Å². The van der Waals surface area contributed by atoms with Crippen LogP contribution >= 0.6 is 0 Å². The first-order valence-corrected chi connectivity index (χ1v) is 5.41. The zero-order valence-corrected chi connectivity index (χ0v) is 8.97. The summed E-state index contributed by atoms with van der Waals surface area (Å²) < 4.78 is 6.97. The highest BCUT2D eigenvalue weighted by Gasteiger charge is 2.17. The standard InChI is InChI=1S/C11H14N4O/c12-15-10-4-2-1-3-9(10)13-11(15)14-5-7-16-8-6-14/h1-4H,5-8,12H2. The van der Waals surface area contributed by atoms with Crippen molar-refractivity contribution in [2.24, 2.45) is 0 Å². The van der Waals surface area contributed by atoms with Crippen LogP contribution in [0.4, 0.5) is 5.95 Å². The number of anilines is 1. The summed E-state index contributed by atoms with van der Waals surface area (Å²) in [4.78, 5) is 6.70. The quantitative estimate of drug-likeness (QED) is 0.712. The van der Waals surface area contributed by atoms with E-state index >= 15 is 0 Å². The third-order valence-electron chi connectivity index (χ3n) is 2.87. The lowest BCUT2D eigenvalue weighted by atomic mass is 10.3. The Morgan fingerprint density at radius 3 is 2.69 bits per heavy atom. The van der Waals surface area contributed by atoms with Crippen molar-refractivity contribution in [1.82, 2.24) is 9.66 Å². The summed E-state index contributed by atoms with van der Waals surface area (Å²) in [6, 6.07) is 7.89. The number of ether oxygens (including phenoxy) is 1. The van der Waals surface area contributed by atoms with Gasteiger partial charge in [-0.05, 0) is 12.1 Å². The third kappa shape index (κ3) is 1.40. The lowest BCUT2D eigenvalue weighted by molar-refractivity contribution is 0.122. The van der Waals surface area contributed by atoms with E-state index in [1.807, 2.05) is 24.3 Å². The zero-order valence-electron chi connectivity index (χ0n) is 8.97. The molecule has 5 heteroatoms. The third-order valence-corrected chi connectivity index (χ3v) is 2.87. The predicted octanol–water partition coefficient (Wildman–Crippen LogP) is 0.587. The minimum Gasteiger partial charge on any atom is -0.378 e. The van der Waals surface area contributed by atoms with Gasteiger partial charge in [0.15, 0.2) is 0 Å². The van der Waals surface area contributed by atoms with Crippen molar-refractivity contribution in [3.63, 3.8) is 0 Å². The molecule has 0 amide bonds. The van der Waals surface area contributed by atoms with Crippen LogP contribution < -0.4 is 10.7 Å². The molecule has 1 fully saturated rings. The molecule has 3 rings (SSSR count). The SMILES string of the molecule is Nn1c(N2CCOCC2)nc2ccccc21. The molecule has 2 N–H and O–H groups in total. The molecule has 2 aromatic rings. The van der Waals surface area contributed by atoms with Gasteiger partial charge in [0, 0.05) is 13.1 Å². The van der Waals surface area contributed by atoms with Crippen LogP contribution in [0.1, 0.15) is 0 Å². The number of nitrogens with two attached hydrogens (primary N) is 1. The Hall–Kier alpha value is -1.75. The molecule has 0 saturated carbocycles. The maximum absolute atomic E-state index is 6.04. The summed E-state index contributed by atoms with van der Waals surface area (Å²) in [6.45, 7) is 3.17. The molecule has 0 spiro atoms. The van der Waals surface area contributed by atoms with Gasteiger partial charge in [0.25, 0.3) is 0 Å². The lowest BCUT2D eigenvalue weighted by Crippen LogP contribution is -2.38. The summed E-state index contributed by atoms with van der Waals surface area (Å²) in [7, 11) is 0. The molecule has 1 aliphatic rings. The van der Waals surface area contributed by atoms with Crippen LogP contribution in [0, 0.1) is 0 Å². The zero-order chi connectivity index (χ0) is 11.0. The summed E-state index contributed by atoms with van der Waals surface area (Å²) >= 11 is 0. The van der Waals surface area contributed by atoms with Crippen molar-refractivity contribution in [3.8, 4) is 0 Å². The Kier molecular flexibility index (Phi) is 2.18. The van der Waals surface area contributed by atoms with Gasteiger partial charge < -0.3 is 15.5 Å². The molecule has 1 aromatic heterocycles. The highest BCUT2D eigenvalue weighted by molar-refractivity contribution is 5.78. The van der Waals surface area contributed by atoms with E-state index in [1.54, 1.807) is 4.68 Å². The molecule has 16 heavy (non-hydrogen) atoms. The molecular weight excluding hydrogens is 204 g/mol. The number of hydrogen-bond donors (Lipinski definition) is 1. The van der Waals surface area contributed by atoms with Gasteiger partial charge in [0.1, 0.15) is 0 Å². The number of aromatic nitrogens is 2. The second-order valence-corrected chi connectivity index (χ2v) is 3.87. The predicted molar refractivity (Wildman–Crippen MR) is 62.9 cm³/mol. The molecule has 0 aliphatic carbocycles. The Morgan fingerprint density at radius 1 is 1.19 bits per heavy atom. The van der Waals surface area contributed by atoms with Gasteiger partial charge in [-0.3, -0.25) is 0 Å². The van der Waals surface area contributed by atoms with Gasteiger partial charge >= 0.3 is 0 Å². The lowest BCUT2D eigenvalue weighted by Gasteiger charge is -2.27. The topological polar surface area (TPSA) is 56.3 Å². The van der Waals surface area contributed by atoms with Crippen molar-refractivity contribution in [2.75, 3.05) is 37.0 Å².